The molecular weight excluding hydrogens is 331 g/mol. The van der Waals surface area contributed by atoms with Gasteiger partial charge in [-0.15, -0.1) is 0 Å². The van der Waals surface area contributed by atoms with Crippen molar-refractivity contribution in [2.24, 2.45) is 5.92 Å². The van der Waals surface area contributed by atoms with E-state index in [9.17, 15) is 9.18 Å². The second-order valence-corrected chi connectivity index (χ2v) is 7.35. The van der Waals surface area contributed by atoms with Crippen molar-refractivity contribution in [3.63, 3.8) is 0 Å². The van der Waals surface area contributed by atoms with Crippen LogP contribution in [0.3, 0.4) is 0 Å². The zero-order valence-corrected chi connectivity index (χ0v) is 15.2. The first-order chi connectivity index (χ1) is 12.3. The van der Waals surface area contributed by atoms with E-state index < -0.39 is 0 Å². The summed E-state index contributed by atoms with van der Waals surface area (Å²) in [5.74, 6) is 0.477. The van der Waals surface area contributed by atoms with Crippen LogP contribution < -0.4 is 5.32 Å². The van der Waals surface area contributed by atoms with Gasteiger partial charge in [0.1, 0.15) is 17.3 Å². The van der Waals surface area contributed by atoms with Crippen molar-refractivity contribution in [2.45, 2.75) is 39.2 Å². The maximum atomic E-state index is 13.3. The molecule has 1 heterocycles. The number of imidazole rings is 1. The largest absolute Gasteiger partial charge is 0.346 e. The number of hydrogen-bond donors (Lipinski definition) is 3. The third-order valence-corrected chi connectivity index (χ3v) is 4.72. The predicted octanol–water partition coefficient (Wildman–Crippen LogP) is 3.94. The number of carbonyl (C=O) groups excluding carboxylic acids is 1. The quantitative estimate of drug-likeness (QED) is 0.687. The Kier molecular flexibility index (Phi) is 4.76. The molecule has 1 aliphatic carbocycles. The molecule has 1 aliphatic rings. The number of nitrogens with zero attached hydrogens (tertiary/aromatic N) is 1. The van der Waals surface area contributed by atoms with E-state index in [0.717, 1.165) is 12.8 Å². The lowest BCUT2D eigenvalue weighted by molar-refractivity contribution is 0.0898. The number of halogens is 1. The molecule has 0 aliphatic heterocycles. The first-order valence-electron chi connectivity index (χ1n) is 8.67. The Morgan fingerprint density at radius 2 is 2.15 bits per heavy atom. The van der Waals surface area contributed by atoms with Gasteiger partial charge in [0.05, 0.1) is 11.9 Å². The Hall–Kier alpha value is -2.76. The van der Waals surface area contributed by atoms with E-state index in [1.165, 1.54) is 18.3 Å². The van der Waals surface area contributed by atoms with E-state index in [0.29, 0.717) is 28.6 Å². The van der Waals surface area contributed by atoms with Crippen molar-refractivity contribution in [3.8, 4) is 0 Å². The summed E-state index contributed by atoms with van der Waals surface area (Å²) in [7, 11) is 0. The van der Waals surface area contributed by atoms with E-state index in [-0.39, 0.29) is 23.0 Å². The molecule has 0 bridgehead atoms. The van der Waals surface area contributed by atoms with Crippen LogP contribution in [0.5, 0.6) is 0 Å². The van der Waals surface area contributed by atoms with Crippen LogP contribution in [0.2, 0.25) is 0 Å². The summed E-state index contributed by atoms with van der Waals surface area (Å²) >= 11 is 0. The van der Waals surface area contributed by atoms with Crippen LogP contribution in [0.15, 0.2) is 36.5 Å². The molecule has 1 aromatic carbocycles. The topological polar surface area (TPSA) is 81.6 Å². The molecule has 3 N–H and O–H groups in total. The first-order valence-corrected chi connectivity index (χ1v) is 8.67. The molecule has 0 spiro atoms. The highest BCUT2D eigenvalue weighted by Gasteiger charge is 2.39. The molecule has 136 valence electrons. The minimum atomic E-state index is -0.381. The van der Waals surface area contributed by atoms with Crippen LogP contribution in [0, 0.1) is 17.1 Å². The molecule has 1 amide bonds. The van der Waals surface area contributed by atoms with Gasteiger partial charge in [-0.25, -0.2) is 9.37 Å². The normalized spacial score (nSPS) is 15.0. The van der Waals surface area contributed by atoms with Crippen LogP contribution in [0.4, 0.5) is 4.39 Å². The Labute approximate surface area is 152 Å². The average molecular weight is 354 g/mol. The Balaban J connectivity index is 1.72. The molecule has 0 saturated heterocycles. The number of amides is 1. The van der Waals surface area contributed by atoms with E-state index in [4.69, 9.17) is 5.41 Å². The fourth-order valence-corrected chi connectivity index (χ4v) is 2.93. The monoisotopic (exact) mass is 354 g/mol. The fourth-order valence-electron chi connectivity index (χ4n) is 2.93. The summed E-state index contributed by atoms with van der Waals surface area (Å²) in [6, 6.07) is 5.90. The summed E-state index contributed by atoms with van der Waals surface area (Å²) in [4.78, 5) is 19.7. The zero-order valence-electron chi connectivity index (χ0n) is 15.2. The predicted molar refractivity (Wildman–Crippen MR) is 99.7 cm³/mol. The summed E-state index contributed by atoms with van der Waals surface area (Å²) in [6.07, 6.45) is 5.39. The van der Waals surface area contributed by atoms with Crippen LogP contribution in [-0.4, -0.2) is 27.1 Å². The highest BCUT2D eigenvalue weighted by molar-refractivity contribution is 6.09. The van der Waals surface area contributed by atoms with Crippen molar-refractivity contribution in [1.82, 2.24) is 15.3 Å². The summed E-state index contributed by atoms with van der Waals surface area (Å²) in [5.41, 5.74) is 1.52. The molecule has 0 unspecified atom stereocenters. The summed E-state index contributed by atoms with van der Waals surface area (Å²) in [6.45, 7) is 5.86. The van der Waals surface area contributed by atoms with Crippen molar-refractivity contribution in [2.75, 3.05) is 0 Å². The van der Waals surface area contributed by atoms with Crippen LogP contribution >= 0.6 is 0 Å². The molecular formula is C20H23FN4O. The second-order valence-electron chi connectivity index (χ2n) is 7.35. The van der Waals surface area contributed by atoms with E-state index >= 15 is 0 Å². The molecule has 0 atom stereocenters. The first kappa shape index (κ1) is 18.0. The highest BCUT2D eigenvalue weighted by Crippen LogP contribution is 2.39. The van der Waals surface area contributed by atoms with Crippen molar-refractivity contribution in [3.05, 3.63) is 59.4 Å². The minimum Gasteiger partial charge on any atom is -0.346 e. The van der Waals surface area contributed by atoms with Gasteiger partial charge in [0, 0.05) is 11.1 Å². The second kappa shape index (κ2) is 6.86. The number of aromatic nitrogens is 2. The van der Waals surface area contributed by atoms with Gasteiger partial charge in [-0.3, -0.25) is 4.79 Å². The number of H-pyrrole nitrogens is 1. The smallest absolute Gasteiger partial charge is 0.269 e. The van der Waals surface area contributed by atoms with E-state index in [1.807, 2.05) is 13.8 Å². The van der Waals surface area contributed by atoms with Gasteiger partial charge < -0.3 is 15.7 Å². The molecule has 3 rings (SSSR count). The lowest BCUT2D eigenvalue weighted by Gasteiger charge is -2.25. The standard InChI is InChI=1S/C20H23FN4O/c1-12(9-16(22)13-5-4-6-15(21)10-13)18-23-11-17(24-18)19(26)25-20(2,3)14-7-8-14/h4-6,9-11,14,22H,7-8H2,1-3H3,(H,23,24)(H,25,26)/b12-9-,22-16?. The van der Waals surface area contributed by atoms with Crippen molar-refractivity contribution >= 4 is 17.2 Å². The fraction of sp³-hybridized carbons (Fsp3) is 0.350. The maximum Gasteiger partial charge on any atom is 0.269 e. The number of allylic oxidation sites excluding steroid dienone is 2. The molecule has 1 saturated carbocycles. The molecule has 1 aromatic heterocycles. The van der Waals surface area contributed by atoms with Gasteiger partial charge >= 0.3 is 0 Å². The third-order valence-electron chi connectivity index (χ3n) is 4.72. The van der Waals surface area contributed by atoms with Gasteiger partial charge in [-0.1, -0.05) is 12.1 Å². The van der Waals surface area contributed by atoms with E-state index in [2.05, 4.69) is 15.3 Å². The van der Waals surface area contributed by atoms with Gasteiger partial charge in [-0.05, 0) is 63.3 Å². The molecule has 0 radical (unpaired) electrons. The van der Waals surface area contributed by atoms with Crippen LogP contribution in [-0.2, 0) is 0 Å². The van der Waals surface area contributed by atoms with Crippen LogP contribution in [0.25, 0.3) is 5.57 Å². The van der Waals surface area contributed by atoms with Crippen molar-refractivity contribution < 1.29 is 9.18 Å². The Morgan fingerprint density at radius 1 is 1.42 bits per heavy atom. The SMILES string of the molecule is C/C(=C/C(=N)c1cccc(F)c1)c1ncc(C(=O)NC(C)(C)C2CC2)[nH]1. The number of aromatic amines is 1. The third kappa shape index (κ3) is 4.07. The average Bonchev–Trinajstić information content (AvgIpc) is 3.32. The lowest BCUT2D eigenvalue weighted by Crippen LogP contribution is -2.45. The molecule has 26 heavy (non-hydrogen) atoms. The van der Waals surface area contributed by atoms with Gasteiger partial charge in [-0.2, -0.15) is 0 Å². The van der Waals surface area contributed by atoms with Gasteiger partial charge in [0.2, 0.25) is 0 Å². The molecule has 5 nitrogen and oxygen atoms in total. The molecule has 2 aromatic rings. The molecule has 6 heteroatoms. The summed E-state index contributed by atoms with van der Waals surface area (Å²) in [5, 5.41) is 11.2. The highest BCUT2D eigenvalue weighted by atomic mass is 19.1. The van der Waals surface area contributed by atoms with Gasteiger partial charge in [0.25, 0.3) is 5.91 Å². The van der Waals surface area contributed by atoms with Crippen LogP contribution in [0.1, 0.15) is 55.5 Å². The Bertz CT molecular complexity index is 877. The summed E-state index contributed by atoms with van der Waals surface area (Å²) < 4.78 is 13.3. The lowest BCUT2D eigenvalue weighted by atomic mass is 9.98. The number of benzene rings is 1. The van der Waals surface area contributed by atoms with Gasteiger partial charge in [0.15, 0.2) is 0 Å². The number of nitrogens with one attached hydrogen (secondary N) is 3. The number of rotatable bonds is 6. The minimum absolute atomic E-state index is 0.180. The molecule has 1 fully saturated rings. The number of carbonyl (C=O) groups is 1. The Morgan fingerprint density at radius 3 is 2.81 bits per heavy atom. The zero-order chi connectivity index (χ0) is 18.9. The van der Waals surface area contributed by atoms with E-state index in [1.54, 1.807) is 25.1 Å². The maximum absolute atomic E-state index is 13.3. The number of hydrogen-bond acceptors (Lipinski definition) is 3. The van der Waals surface area contributed by atoms with Crippen molar-refractivity contribution in [1.29, 1.82) is 5.41 Å².